The number of hydrogen-bond acceptors (Lipinski definition) is 0. The number of H-pyrrole nitrogens is 1. The third kappa shape index (κ3) is 2.14. The first-order valence-corrected chi connectivity index (χ1v) is 7.34. The Balaban J connectivity index is 2.23. The molecule has 1 N–H and O–H groups in total. The molecule has 0 radical (unpaired) electrons. The molecule has 3 rings (SSSR count). The van der Waals surface area contributed by atoms with Crippen LogP contribution in [0, 0.1) is 0 Å². The molecule has 0 bridgehead atoms. The number of aromatic amines is 1. The standard InChI is InChI=1S/C14H11Br2N/c15-14(16)8-9-5-6-13-11(7-9)10-3-1-2-4-12(10)17-13/h1-7,14,17H,8H2. The fourth-order valence-corrected chi connectivity index (χ4v) is 2.95. The summed E-state index contributed by atoms with van der Waals surface area (Å²) in [5.74, 6) is 0. The summed E-state index contributed by atoms with van der Waals surface area (Å²) in [6.45, 7) is 0. The lowest BCUT2D eigenvalue weighted by Gasteiger charge is -2.02. The quantitative estimate of drug-likeness (QED) is 0.626. The van der Waals surface area contributed by atoms with Gasteiger partial charge in [-0.2, -0.15) is 0 Å². The van der Waals surface area contributed by atoms with E-state index in [1.807, 2.05) is 0 Å². The first kappa shape index (κ1) is 11.3. The molecule has 0 saturated heterocycles. The Hall–Kier alpha value is -0.800. The van der Waals surface area contributed by atoms with Crippen molar-refractivity contribution in [3.8, 4) is 0 Å². The molecule has 0 spiro atoms. The summed E-state index contributed by atoms with van der Waals surface area (Å²) < 4.78 is 0.331. The summed E-state index contributed by atoms with van der Waals surface area (Å²) in [6, 6.07) is 15.0. The van der Waals surface area contributed by atoms with Gasteiger partial charge in [0.1, 0.15) is 0 Å². The first-order valence-electron chi connectivity index (χ1n) is 5.51. The molecule has 0 amide bonds. The molecule has 1 aromatic heterocycles. The second-order valence-corrected chi connectivity index (χ2v) is 7.59. The highest BCUT2D eigenvalue weighted by atomic mass is 79.9. The molecule has 17 heavy (non-hydrogen) atoms. The first-order chi connectivity index (χ1) is 8.24. The van der Waals surface area contributed by atoms with Gasteiger partial charge in [-0.3, -0.25) is 0 Å². The van der Waals surface area contributed by atoms with Gasteiger partial charge in [0.25, 0.3) is 0 Å². The number of nitrogens with one attached hydrogen (secondary N) is 1. The van der Waals surface area contributed by atoms with Crippen LogP contribution in [0.1, 0.15) is 5.56 Å². The lowest BCUT2D eigenvalue weighted by atomic mass is 10.1. The van der Waals surface area contributed by atoms with Crippen LogP contribution in [0.3, 0.4) is 0 Å². The smallest absolute Gasteiger partial charge is 0.0738 e. The van der Waals surface area contributed by atoms with Crippen molar-refractivity contribution in [1.29, 1.82) is 0 Å². The van der Waals surface area contributed by atoms with E-state index in [0.717, 1.165) is 6.42 Å². The van der Waals surface area contributed by atoms with Crippen LogP contribution < -0.4 is 0 Å². The van der Waals surface area contributed by atoms with Gasteiger partial charge in [0.15, 0.2) is 0 Å². The summed E-state index contributed by atoms with van der Waals surface area (Å²) in [6.07, 6.45) is 0.982. The average molecular weight is 353 g/mol. The lowest BCUT2D eigenvalue weighted by molar-refractivity contribution is 1.14. The molecule has 0 aliphatic rings. The van der Waals surface area contributed by atoms with Crippen LogP contribution >= 0.6 is 31.9 Å². The van der Waals surface area contributed by atoms with Crippen LogP contribution in [0.15, 0.2) is 42.5 Å². The second kappa shape index (κ2) is 4.46. The number of halogens is 2. The molecule has 86 valence electrons. The van der Waals surface area contributed by atoms with Crippen LogP contribution in [-0.2, 0) is 6.42 Å². The monoisotopic (exact) mass is 351 g/mol. The molecule has 0 atom stereocenters. The van der Waals surface area contributed by atoms with Gasteiger partial charge in [-0.25, -0.2) is 0 Å². The number of rotatable bonds is 2. The molecule has 3 heteroatoms. The molecular weight excluding hydrogens is 342 g/mol. The molecule has 1 heterocycles. The molecule has 0 aliphatic heterocycles. The van der Waals surface area contributed by atoms with E-state index in [-0.39, 0.29) is 0 Å². The van der Waals surface area contributed by atoms with Crippen molar-refractivity contribution >= 4 is 53.7 Å². The van der Waals surface area contributed by atoms with E-state index in [9.17, 15) is 0 Å². The van der Waals surface area contributed by atoms with Crippen LogP contribution in [0.25, 0.3) is 21.8 Å². The molecular formula is C14H11Br2N. The molecule has 2 aromatic carbocycles. The van der Waals surface area contributed by atoms with E-state index >= 15 is 0 Å². The minimum absolute atomic E-state index is 0.331. The Morgan fingerprint density at radius 2 is 1.71 bits per heavy atom. The van der Waals surface area contributed by atoms with Crippen molar-refractivity contribution in [2.45, 2.75) is 10.2 Å². The van der Waals surface area contributed by atoms with Crippen molar-refractivity contribution in [3.63, 3.8) is 0 Å². The number of benzene rings is 2. The summed E-state index contributed by atoms with van der Waals surface area (Å²) >= 11 is 7.05. The lowest BCUT2D eigenvalue weighted by Crippen LogP contribution is -1.91. The van der Waals surface area contributed by atoms with Crippen molar-refractivity contribution in [3.05, 3.63) is 48.0 Å². The van der Waals surface area contributed by atoms with E-state index in [0.29, 0.717) is 3.74 Å². The van der Waals surface area contributed by atoms with E-state index in [1.54, 1.807) is 0 Å². The largest absolute Gasteiger partial charge is 0.355 e. The maximum atomic E-state index is 3.52. The van der Waals surface area contributed by atoms with Gasteiger partial charge in [-0.1, -0.05) is 56.1 Å². The Morgan fingerprint density at radius 3 is 2.53 bits per heavy atom. The van der Waals surface area contributed by atoms with E-state index in [1.165, 1.54) is 27.4 Å². The molecule has 0 saturated carbocycles. The van der Waals surface area contributed by atoms with Gasteiger partial charge in [-0.15, -0.1) is 0 Å². The third-order valence-electron chi connectivity index (χ3n) is 2.96. The summed E-state index contributed by atoms with van der Waals surface area (Å²) in [7, 11) is 0. The fraction of sp³-hybridized carbons (Fsp3) is 0.143. The predicted molar refractivity (Wildman–Crippen MR) is 81.2 cm³/mol. The van der Waals surface area contributed by atoms with Crippen LogP contribution in [0.2, 0.25) is 0 Å². The van der Waals surface area contributed by atoms with Crippen molar-refractivity contribution in [1.82, 2.24) is 4.98 Å². The van der Waals surface area contributed by atoms with Gasteiger partial charge < -0.3 is 4.98 Å². The van der Waals surface area contributed by atoms with Crippen molar-refractivity contribution < 1.29 is 0 Å². The molecule has 0 fully saturated rings. The Kier molecular flexibility index (Phi) is 2.97. The zero-order valence-electron chi connectivity index (χ0n) is 9.08. The Labute approximate surface area is 116 Å². The maximum Gasteiger partial charge on any atom is 0.0738 e. The Bertz CT molecular complexity index is 670. The molecule has 0 unspecified atom stereocenters. The highest BCUT2D eigenvalue weighted by Gasteiger charge is 2.06. The zero-order chi connectivity index (χ0) is 11.8. The number of para-hydroxylation sites is 1. The fourth-order valence-electron chi connectivity index (χ4n) is 2.20. The number of hydrogen-bond donors (Lipinski definition) is 1. The normalized spacial score (nSPS) is 11.7. The van der Waals surface area contributed by atoms with Crippen LogP contribution in [-0.4, -0.2) is 8.72 Å². The second-order valence-electron chi connectivity index (χ2n) is 4.15. The summed E-state index contributed by atoms with van der Waals surface area (Å²) in [4.78, 5) is 3.44. The summed E-state index contributed by atoms with van der Waals surface area (Å²) in [5, 5.41) is 2.60. The van der Waals surface area contributed by atoms with Gasteiger partial charge in [0.2, 0.25) is 0 Å². The van der Waals surface area contributed by atoms with Crippen LogP contribution in [0.4, 0.5) is 0 Å². The average Bonchev–Trinajstić information content (AvgIpc) is 2.66. The summed E-state index contributed by atoms with van der Waals surface area (Å²) in [5.41, 5.74) is 3.74. The zero-order valence-corrected chi connectivity index (χ0v) is 12.3. The molecule has 3 aromatic rings. The highest BCUT2D eigenvalue weighted by molar-refractivity contribution is 9.24. The topological polar surface area (TPSA) is 15.8 Å². The van der Waals surface area contributed by atoms with E-state index in [2.05, 4.69) is 79.3 Å². The number of alkyl halides is 2. The van der Waals surface area contributed by atoms with Crippen molar-refractivity contribution in [2.24, 2.45) is 0 Å². The van der Waals surface area contributed by atoms with Crippen molar-refractivity contribution in [2.75, 3.05) is 0 Å². The predicted octanol–water partition coefficient (Wildman–Crippen LogP) is 4.98. The van der Waals surface area contributed by atoms with Gasteiger partial charge in [0.05, 0.1) is 3.74 Å². The van der Waals surface area contributed by atoms with E-state index < -0.39 is 0 Å². The number of fused-ring (bicyclic) bond motifs is 3. The molecule has 1 nitrogen and oxygen atoms in total. The number of aromatic nitrogens is 1. The van der Waals surface area contributed by atoms with E-state index in [4.69, 9.17) is 0 Å². The van der Waals surface area contributed by atoms with Crippen LogP contribution in [0.5, 0.6) is 0 Å². The van der Waals surface area contributed by atoms with Gasteiger partial charge in [-0.05, 0) is 30.2 Å². The minimum Gasteiger partial charge on any atom is -0.355 e. The third-order valence-corrected chi connectivity index (χ3v) is 3.61. The van der Waals surface area contributed by atoms with Gasteiger partial charge in [0, 0.05) is 21.8 Å². The highest BCUT2D eigenvalue weighted by Crippen LogP contribution is 2.27. The Morgan fingerprint density at radius 1 is 0.941 bits per heavy atom. The SMILES string of the molecule is BrC(Br)Cc1ccc2[nH]c3ccccc3c2c1. The maximum absolute atomic E-state index is 3.52. The minimum atomic E-state index is 0.331. The van der Waals surface area contributed by atoms with Gasteiger partial charge >= 0.3 is 0 Å². The molecule has 0 aliphatic carbocycles.